The molecule has 0 bridgehead atoms. The van der Waals surface area contributed by atoms with Gasteiger partial charge in [-0.25, -0.2) is 8.42 Å². The fourth-order valence-corrected chi connectivity index (χ4v) is 3.73. The van der Waals surface area contributed by atoms with Gasteiger partial charge in [-0.15, -0.1) is 11.3 Å². The van der Waals surface area contributed by atoms with Crippen molar-refractivity contribution in [1.29, 1.82) is 0 Å². The molecule has 6 nitrogen and oxygen atoms in total. The van der Waals surface area contributed by atoms with Gasteiger partial charge in [-0.1, -0.05) is 36.4 Å². The normalized spacial score (nSPS) is 11.0. The number of sulfonamides is 1. The van der Waals surface area contributed by atoms with Crippen molar-refractivity contribution < 1.29 is 13.2 Å². The number of hydrogen-bond donors (Lipinski definition) is 3. The molecule has 0 spiro atoms. The molecule has 0 radical (unpaired) electrons. The molecule has 3 aromatic rings. The molecular formula is C19H19N3O3S2. The average Bonchev–Trinajstić information content (AvgIpc) is 3.09. The third-order valence-corrected chi connectivity index (χ3v) is 5.12. The summed E-state index contributed by atoms with van der Waals surface area (Å²) in [5, 5.41) is 7.96. The van der Waals surface area contributed by atoms with Gasteiger partial charge in [0.25, 0.3) is 5.91 Å². The molecule has 8 heteroatoms. The topological polar surface area (TPSA) is 87.3 Å². The first-order valence-electron chi connectivity index (χ1n) is 8.14. The first-order chi connectivity index (χ1) is 12.9. The van der Waals surface area contributed by atoms with Gasteiger partial charge in [0.05, 0.1) is 16.8 Å². The van der Waals surface area contributed by atoms with E-state index in [1.54, 1.807) is 30.3 Å². The number of amides is 1. The molecule has 1 heterocycles. The van der Waals surface area contributed by atoms with Crippen molar-refractivity contribution in [2.24, 2.45) is 0 Å². The first-order valence-corrected chi connectivity index (χ1v) is 10.9. The molecule has 27 heavy (non-hydrogen) atoms. The maximum absolute atomic E-state index is 12.4. The second-order valence-corrected chi connectivity index (χ2v) is 8.61. The molecular weight excluding hydrogens is 382 g/mol. The molecule has 0 atom stereocenters. The number of benzene rings is 2. The minimum absolute atomic E-state index is 0.246. The number of hydrogen-bond acceptors (Lipinski definition) is 5. The molecule has 2 aromatic carbocycles. The van der Waals surface area contributed by atoms with Gasteiger partial charge in [-0.05, 0) is 29.8 Å². The van der Waals surface area contributed by atoms with Crippen molar-refractivity contribution in [3.63, 3.8) is 0 Å². The van der Waals surface area contributed by atoms with Crippen LogP contribution in [0.4, 0.5) is 17.1 Å². The molecule has 140 valence electrons. The van der Waals surface area contributed by atoms with Gasteiger partial charge in [0.15, 0.2) is 0 Å². The van der Waals surface area contributed by atoms with Crippen molar-refractivity contribution in [1.82, 2.24) is 0 Å². The van der Waals surface area contributed by atoms with Gasteiger partial charge in [0, 0.05) is 23.3 Å². The number of rotatable bonds is 7. The predicted octanol–water partition coefficient (Wildman–Crippen LogP) is 3.98. The van der Waals surface area contributed by atoms with E-state index in [0.29, 0.717) is 22.8 Å². The van der Waals surface area contributed by atoms with E-state index in [0.717, 1.165) is 17.5 Å². The quantitative estimate of drug-likeness (QED) is 0.559. The summed E-state index contributed by atoms with van der Waals surface area (Å²) in [6.07, 6.45) is 1.08. The summed E-state index contributed by atoms with van der Waals surface area (Å²) < 4.78 is 25.0. The highest BCUT2D eigenvalue weighted by atomic mass is 32.2. The number of nitrogens with one attached hydrogen (secondary N) is 3. The number of carbonyl (C=O) groups excluding carboxylic acids is 1. The van der Waals surface area contributed by atoms with E-state index < -0.39 is 10.0 Å². The highest BCUT2D eigenvalue weighted by Crippen LogP contribution is 2.22. The fourth-order valence-electron chi connectivity index (χ4n) is 2.42. The predicted molar refractivity (Wildman–Crippen MR) is 111 cm³/mol. The summed E-state index contributed by atoms with van der Waals surface area (Å²) in [6, 6.07) is 18.4. The van der Waals surface area contributed by atoms with E-state index in [-0.39, 0.29) is 5.91 Å². The molecule has 0 aliphatic heterocycles. The summed E-state index contributed by atoms with van der Waals surface area (Å²) in [6.45, 7) is 0.678. The van der Waals surface area contributed by atoms with Crippen LogP contribution in [-0.2, 0) is 16.6 Å². The Labute approximate surface area is 162 Å². The van der Waals surface area contributed by atoms with E-state index >= 15 is 0 Å². The fraction of sp³-hybridized carbons (Fsp3) is 0.105. The van der Waals surface area contributed by atoms with Gasteiger partial charge in [0.2, 0.25) is 10.0 Å². The van der Waals surface area contributed by atoms with Crippen molar-refractivity contribution in [2.75, 3.05) is 21.6 Å². The molecule has 0 aliphatic rings. The van der Waals surface area contributed by atoms with Crippen LogP contribution in [0.3, 0.4) is 0 Å². The Hall–Kier alpha value is -2.84. The van der Waals surface area contributed by atoms with Crippen LogP contribution in [0.5, 0.6) is 0 Å². The Bertz CT molecular complexity index is 1030. The van der Waals surface area contributed by atoms with E-state index in [9.17, 15) is 13.2 Å². The molecule has 1 amide bonds. The Morgan fingerprint density at radius 1 is 0.963 bits per heavy atom. The zero-order valence-electron chi connectivity index (χ0n) is 14.6. The van der Waals surface area contributed by atoms with Crippen LogP contribution in [-0.4, -0.2) is 20.6 Å². The largest absolute Gasteiger partial charge is 0.380 e. The van der Waals surface area contributed by atoms with Gasteiger partial charge in [-0.3, -0.25) is 9.52 Å². The Morgan fingerprint density at radius 2 is 1.70 bits per heavy atom. The van der Waals surface area contributed by atoms with Crippen molar-refractivity contribution in [3.8, 4) is 0 Å². The zero-order chi connectivity index (χ0) is 19.3. The van der Waals surface area contributed by atoms with Crippen LogP contribution in [0.15, 0.2) is 66.0 Å². The monoisotopic (exact) mass is 401 g/mol. The number of anilines is 3. The number of thiophene rings is 1. The number of carbonyl (C=O) groups is 1. The van der Waals surface area contributed by atoms with Crippen molar-refractivity contribution in [3.05, 3.63) is 76.5 Å². The van der Waals surface area contributed by atoms with Crippen LogP contribution >= 0.6 is 11.3 Å². The minimum Gasteiger partial charge on any atom is -0.380 e. The molecule has 1 aromatic heterocycles. The summed E-state index contributed by atoms with van der Waals surface area (Å²) in [5.74, 6) is -0.246. The summed E-state index contributed by atoms with van der Waals surface area (Å²) >= 11 is 1.34. The maximum atomic E-state index is 12.4. The second kappa shape index (κ2) is 8.24. The molecule has 0 aliphatic carbocycles. The lowest BCUT2D eigenvalue weighted by molar-refractivity contribution is 0.103. The summed E-state index contributed by atoms with van der Waals surface area (Å²) in [5.41, 5.74) is 2.94. The lowest BCUT2D eigenvalue weighted by Crippen LogP contribution is -2.12. The Morgan fingerprint density at radius 3 is 2.44 bits per heavy atom. The van der Waals surface area contributed by atoms with Crippen LogP contribution in [0.25, 0.3) is 0 Å². The third kappa shape index (κ3) is 5.83. The molecule has 0 fully saturated rings. The van der Waals surface area contributed by atoms with Gasteiger partial charge < -0.3 is 10.6 Å². The van der Waals surface area contributed by atoms with Crippen LogP contribution in [0.2, 0.25) is 0 Å². The minimum atomic E-state index is -3.37. The molecule has 0 unspecified atom stereocenters. The van der Waals surface area contributed by atoms with Crippen LogP contribution in [0.1, 0.15) is 15.2 Å². The SMILES string of the molecule is CS(=O)(=O)Nc1cccc(NC(=O)c2cc(NCc3ccccc3)cs2)c1. The standard InChI is InChI=1S/C19H19N3O3S2/c1-27(24,25)22-16-9-5-8-15(10-16)21-19(23)18-11-17(13-26-18)20-12-14-6-3-2-4-7-14/h2-11,13,20,22H,12H2,1H3,(H,21,23). The lowest BCUT2D eigenvalue weighted by Gasteiger charge is -2.07. The lowest BCUT2D eigenvalue weighted by atomic mass is 10.2. The molecule has 0 saturated heterocycles. The maximum Gasteiger partial charge on any atom is 0.265 e. The van der Waals surface area contributed by atoms with Gasteiger partial charge >= 0.3 is 0 Å². The van der Waals surface area contributed by atoms with Crippen LogP contribution < -0.4 is 15.4 Å². The zero-order valence-corrected chi connectivity index (χ0v) is 16.2. The second-order valence-electron chi connectivity index (χ2n) is 5.95. The highest BCUT2D eigenvalue weighted by molar-refractivity contribution is 7.92. The average molecular weight is 402 g/mol. The van der Waals surface area contributed by atoms with Gasteiger partial charge in [-0.2, -0.15) is 0 Å². The molecule has 0 saturated carbocycles. The van der Waals surface area contributed by atoms with Crippen LogP contribution in [0, 0.1) is 0 Å². The van der Waals surface area contributed by atoms with E-state index in [4.69, 9.17) is 0 Å². The summed E-state index contributed by atoms with van der Waals surface area (Å²) in [4.78, 5) is 13.0. The third-order valence-electron chi connectivity index (χ3n) is 3.59. The first kappa shape index (κ1) is 18.9. The van der Waals surface area contributed by atoms with Crippen molar-refractivity contribution >= 4 is 44.3 Å². The van der Waals surface area contributed by atoms with E-state index in [1.807, 2.05) is 35.7 Å². The Balaban J connectivity index is 1.62. The van der Waals surface area contributed by atoms with E-state index in [2.05, 4.69) is 15.4 Å². The summed E-state index contributed by atoms with van der Waals surface area (Å²) in [7, 11) is -3.37. The van der Waals surface area contributed by atoms with E-state index in [1.165, 1.54) is 11.3 Å². The highest BCUT2D eigenvalue weighted by Gasteiger charge is 2.10. The van der Waals surface area contributed by atoms with Gasteiger partial charge in [0.1, 0.15) is 0 Å². The molecule has 3 N–H and O–H groups in total. The molecule has 3 rings (SSSR count). The smallest absolute Gasteiger partial charge is 0.265 e. The Kier molecular flexibility index (Phi) is 5.78. The van der Waals surface area contributed by atoms with Crippen molar-refractivity contribution in [2.45, 2.75) is 6.54 Å².